The standard InChI is InChI=1S/C76H54N2S2/c1-75(2)65-25-15-13-21-57(65)59-39-31-49(43-67(59)75)47-27-33-53(34-28-47)77(51-17-7-5-8-18-51)55-37-41-63-69(45-55)79-73-71(63)61-23-11-12-24-62(61)72-64-42-38-56(46-70(64)80-74(72)73)78(52-19-9-6-10-20-52)54-35-29-48(30-36-54)50-32-40-60-58-22-14-16-26-66(58)76(3,4)68(60)44-50/h5-46H,1-4H3. The van der Waals surface area contributed by atoms with E-state index in [0.717, 1.165) is 34.1 Å². The SMILES string of the molecule is CC1(C)c2ccccc2-c2ccc(-c3ccc(N(c4ccccc4)c4ccc5c(c4)sc4c6sc7cc(N(c8ccccc8)c8ccc(-c9ccc%10c(c9)C(C)(C)c9ccccc9-%10)cc8)ccc7c6c6ccccc6c54)cc3)cc21. The Morgan fingerprint density at radius 3 is 1.02 bits per heavy atom. The van der Waals surface area contributed by atoms with Gasteiger partial charge in [-0.2, -0.15) is 0 Å². The van der Waals surface area contributed by atoms with Gasteiger partial charge in [0.25, 0.3) is 0 Å². The maximum atomic E-state index is 2.42. The Labute approximate surface area is 474 Å². The van der Waals surface area contributed by atoms with Gasteiger partial charge in [0.2, 0.25) is 0 Å². The second kappa shape index (κ2) is 17.7. The minimum atomic E-state index is -0.0493. The van der Waals surface area contributed by atoms with Crippen molar-refractivity contribution in [1.29, 1.82) is 0 Å². The van der Waals surface area contributed by atoms with Crippen LogP contribution in [-0.4, -0.2) is 0 Å². The molecule has 0 bridgehead atoms. The topological polar surface area (TPSA) is 6.48 Å². The number of para-hydroxylation sites is 2. The monoisotopic (exact) mass is 1060 g/mol. The van der Waals surface area contributed by atoms with Crippen LogP contribution in [0.1, 0.15) is 49.9 Å². The van der Waals surface area contributed by atoms with Gasteiger partial charge in [-0.15, -0.1) is 22.7 Å². The first-order chi connectivity index (χ1) is 39.2. The Hall–Kier alpha value is -9.06. The second-order valence-electron chi connectivity index (χ2n) is 22.8. The number of nitrogens with zero attached hydrogens (tertiary/aromatic N) is 2. The Morgan fingerprint density at radius 1 is 0.263 bits per heavy atom. The van der Waals surface area contributed by atoms with Gasteiger partial charge in [-0.05, 0) is 162 Å². The quantitative estimate of drug-likeness (QED) is 0.150. The van der Waals surface area contributed by atoms with Crippen LogP contribution in [0.25, 0.3) is 95.6 Å². The van der Waals surface area contributed by atoms with Crippen LogP contribution in [0, 0.1) is 0 Å². The third-order valence-corrected chi connectivity index (χ3v) is 20.1. The van der Waals surface area contributed by atoms with Gasteiger partial charge in [-0.25, -0.2) is 0 Å². The summed E-state index contributed by atoms with van der Waals surface area (Å²) in [6.45, 7) is 9.42. The molecule has 0 radical (unpaired) electrons. The van der Waals surface area contributed by atoms with Gasteiger partial charge in [0.1, 0.15) is 0 Å². The molecule has 2 nitrogen and oxygen atoms in total. The molecule has 2 heterocycles. The predicted molar refractivity (Wildman–Crippen MR) is 345 cm³/mol. The maximum absolute atomic E-state index is 2.42. The van der Waals surface area contributed by atoms with E-state index in [0.29, 0.717) is 0 Å². The molecule has 0 spiro atoms. The van der Waals surface area contributed by atoms with Gasteiger partial charge >= 0.3 is 0 Å². The first-order valence-corrected chi connectivity index (χ1v) is 29.4. The zero-order valence-corrected chi connectivity index (χ0v) is 46.6. The molecule has 0 unspecified atom stereocenters. The summed E-state index contributed by atoms with van der Waals surface area (Å²) >= 11 is 3.86. The molecular weight excluding hydrogens is 1000 g/mol. The molecule has 380 valence electrons. The number of anilines is 6. The predicted octanol–water partition coefficient (Wildman–Crippen LogP) is 22.5. The average Bonchev–Trinajstić information content (AvgIpc) is 4.22. The fourth-order valence-corrected chi connectivity index (χ4v) is 16.3. The Morgan fingerprint density at radius 2 is 0.600 bits per heavy atom. The highest BCUT2D eigenvalue weighted by atomic mass is 32.1. The van der Waals surface area contributed by atoms with E-state index in [1.165, 1.54) is 118 Å². The highest BCUT2D eigenvalue weighted by Crippen LogP contribution is 2.54. The summed E-state index contributed by atoms with van der Waals surface area (Å²) in [7, 11) is 0. The van der Waals surface area contributed by atoms with E-state index in [-0.39, 0.29) is 10.8 Å². The molecule has 0 N–H and O–H groups in total. The molecule has 2 aliphatic carbocycles. The van der Waals surface area contributed by atoms with Crippen LogP contribution in [0.2, 0.25) is 0 Å². The second-order valence-corrected chi connectivity index (χ2v) is 24.9. The van der Waals surface area contributed by atoms with Gasteiger partial charge in [0, 0.05) is 75.9 Å². The normalized spacial score (nSPS) is 13.7. The summed E-state index contributed by atoms with van der Waals surface area (Å²) in [4.78, 5) is 4.81. The lowest BCUT2D eigenvalue weighted by Gasteiger charge is -2.26. The molecule has 0 saturated heterocycles. The minimum Gasteiger partial charge on any atom is -0.310 e. The van der Waals surface area contributed by atoms with E-state index in [9.17, 15) is 0 Å². The smallest absolute Gasteiger partial charge is 0.0540 e. The van der Waals surface area contributed by atoms with Crippen LogP contribution >= 0.6 is 22.7 Å². The lowest BCUT2D eigenvalue weighted by molar-refractivity contribution is 0.660. The van der Waals surface area contributed by atoms with Crippen molar-refractivity contribution in [2.45, 2.75) is 38.5 Å². The van der Waals surface area contributed by atoms with Gasteiger partial charge in [-0.1, -0.05) is 198 Å². The van der Waals surface area contributed by atoms with Crippen LogP contribution in [0.3, 0.4) is 0 Å². The fourth-order valence-electron chi connectivity index (χ4n) is 13.6. The Bertz CT molecular complexity index is 4510. The van der Waals surface area contributed by atoms with Gasteiger partial charge in [-0.3, -0.25) is 0 Å². The zero-order chi connectivity index (χ0) is 53.4. The van der Waals surface area contributed by atoms with E-state index in [1.54, 1.807) is 0 Å². The van der Waals surface area contributed by atoms with E-state index < -0.39 is 0 Å². The van der Waals surface area contributed by atoms with Crippen LogP contribution < -0.4 is 9.80 Å². The van der Waals surface area contributed by atoms with Crippen molar-refractivity contribution in [3.63, 3.8) is 0 Å². The van der Waals surface area contributed by atoms with Crippen molar-refractivity contribution in [2.75, 3.05) is 9.80 Å². The molecule has 16 rings (SSSR count). The molecule has 2 aliphatic rings. The molecule has 0 amide bonds. The summed E-state index contributed by atoms with van der Waals surface area (Å²) < 4.78 is 5.25. The number of hydrogen-bond acceptors (Lipinski definition) is 4. The Kier molecular flexibility index (Phi) is 10.4. The molecule has 0 fully saturated rings. The number of benzene rings is 12. The largest absolute Gasteiger partial charge is 0.310 e. The number of rotatable bonds is 8. The molecule has 4 heteroatoms. The summed E-state index contributed by atoms with van der Waals surface area (Å²) in [5.74, 6) is 0. The van der Waals surface area contributed by atoms with E-state index in [2.05, 4.69) is 292 Å². The number of fused-ring (bicyclic) bond motifs is 16. The lowest BCUT2D eigenvalue weighted by atomic mass is 9.81. The summed E-state index contributed by atoms with van der Waals surface area (Å²) in [5.41, 5.74) is 22.6. The van der Waals surface area contributed by atoms with Crippen LogP contribution in [0.5, 0.6) is 0 Å². The molecular formula is C76H54N2S2. The van der Waals surface area contributed by atoms with Gasteiger partial charge in [0.15, 0.2) is 0 Å². The number of hydrogen-bond donors (Lipinski definition) is 0. The van der Waals surface area contributed by atoms with E-state index in [1.807, 2.05) is 22.7 Å². The first kappa shape index (κ1) is 47.0. The van der Waals surface area contributed by atoms with Crippen molar-refractivity contribution in [3.05, 3.63) is 277 Å². The first-order valence-electron chi connectivity index (χ1n) is 27.8. The van der Waals surface area contributed by atoms with Gasteiger partial charge in [0.05, 0.1) is 9.40 Å². The third-order valence-electron chi connectivity index (χ3n) is 17.6. The van der Waals surface area contributed by atoms with Crippen LogP contribution in [0.4, 0.5) is 34.1 Å². The van der Waals surface area contributed by atoms with E-state index in [4.69, 9.17) is 0 Å². The van der Waals surface area contributed by atoms with Crippen molar-refractivity contribution in [2.24, 2.45) is 0 Å². The zero-order valence-electron chi connectivity index (χ0n) is 45.0. The maximum Gasteiger partial charge on any atom is 0.0540 e. The lowest BCUT2D eigenvalue weighted by Crippen LogP contribution is -2.14. The molecule has 14 aromatic rings. The molecule has 0 saturated carbocycles. The Balaban J connectivity index is 0.776. The highest BCUT2D eigenvalue weighted by Gasteiger charge is 2.37. The molecule has 0 atom stereocenters. The fraction of sp³-hybridized carbons (Fsp3) is 0.0789. The van der Waals surface area contributed by atoms with E-state index >= 15 is 0 Å². The molecule has 80 heavy (non-hydrogen) atoms. The van der Waals surface area contributed by atoms with Crippen LogP contribution in [0.15, 0.2) is 255 Å². The minimum absolute atomic E-state index is 0.0493. The third kappa shape index (κ3) is 7.08. The molecule has 0 aliphatic heterocycles. The molecule has 12 aromatic carbocycles. The summed E-state index contributed by atoms with van der Waals surface area (Å²) in [5, 5.41) is 7.87. The van der Waals surface area contributed by atoms with Crippen molar-refractivity contribution in [1.82, 2.24) is 0 Å². The van der Waals surface area contributed by atoms with Crippen molar-refractivity contribution >= 4 is 108 Å². The highest BCUT2D eigenvalue weighted by molar-refractivity contribution is 7.34. The molecule has 2 aromatic heterocycles. The van der Waals surface area contributed by atoms with Crippen LogP contribution in [-0.2, 0) is 10.8 Å². The number of thiophene rings is 2. The summed E-state index contributed by atoms with van der Waals surface area (Å²) in [6, 6.07) is 95.1. The van der Waals surface area contributed by atoms with Gasteiger partial charge < -0.3 is 9.80 Å². The summed E-state index contributed by atoms with van der Waals surface area (Å²) in [6.07, 6.45) is 0. The average molecular weight is 1060 g/mol. The van der Waals surface area contributed by atoms with Crippen molar-refractivity contribution in [3.8, 4) is 44.5 Å². The van der Waals surface area contributed by atoms with Crippen molar-refractivity contribution < 1.29 is 0 Å².